The fourth-order valence-corrected chi connectivity index (χ4v) is 4.20. The fraction of sp³-hybridized carbons (Fsp3) is 0.240. The SMILES string of the molecule is CC(=O)Nc1ccc(SC(C)C(=O)N(Cc2cccnc2)Cc2ccccc2C)cc1. The first-order valence-corrected chi connectivity index (χ1v) is 11.1. The molecule has 31 heavy (non-hydrogen) atoms. The molecule has 6 heteroatoms. The minimum Gasteiger partial charge on any atom is -0.333 e. The summed E-state index contributed by atoms with van der Waals surface area (Å²) in [6.45, 7) is 6.54. The van der Waals surface area contributed by atoms with Gasteiger partial charge in [0.1, 0.15) is 0 Å². The second kappa shape index (κ2) is 10.8. The van der Waals surface area contributed by atoms with Crippen molar-refractivity contribution in [3.8, 4) is 0 Å². The van der Waals surface area contributed by atoms with E-state index in [0.717, 1.165) is 21.7 Å². The van der Waals surface area contributed by atoms with Crippen LogP contribution in [0.1, 0.15) is 30.5 Å². The largest absolute Gasteiger partial charge is 0.333 e. The van der Waals surface area contributed by atoms with Crippen LogP contribution in [0.25, 0.3) is 0 Å². The van der Waals surface area contributed by atoms with Crippen molar-refractivity contribution in [1.29, 1.82) is 0 Å². The maximum absolute atomic E-state index is 13.4. The topological polar surface area (TPSA) is 62.3 Å². The summed E-state index contributed by atoms with van der Waals surface area (Å²) in [6, 6.07) is 19.6. The lowest BCUT2D eigenvalue weighted by molar-refractivity contribution is -0.131. The zero-order valence-electron chi connectivity index (χ0n) is 18.0. The summed E-state index contributed by atoms with van der Waals surface area (Å²) in [6.07, 6.45) is 3.54. The first-order valence-electron chi connectivity index (χ1n) is 10.2. The Morgan fingerprint density at radius 1 is 1.03 bits per heavy atom. The molecular weight excluding hydrogens is 406 g/mol. The molecule has 0 saturated heterocycles. The molecule has 2 amide bonds. The average molecular weight is 434 g/mol. The number of nitrogens with one attached hydrogen (secondary N) is 1. The van der Waals surface area contributed by atoms with Gasteiger partial charge in [0, 0.05) is 43.0 Å². The van der Waals surface area contributed by atoms with Crippen LogP contribution in [-0.4, -0.2) is 26.9 Å². The van der Waals surface area contributed by atoms with Gasteiger partial charge in [-0.25, -0.2) is 0 Å². The van der Waals surface area contributed by atoms with Gasteiger partial charge < -0.3 is 10.2 Å². The van der Waals surface area contributed by atoms with E-state index in [2.05, 4.69) is 29.4 Å². The number of hydrogen-bond acceptors (Lipinski definition) is 4. The van der Waals surface area contributed by atoms with Crippen molar-refractivity contribution in [2.24, 2.45) is 0 Å². The first-order chi connectivity index (χ1) is 14.9. The maximum Gasteiger partial charge on any atom is 0.236 e. The quantitative estimate of drug-likeness (QED) is 0.505. The van der Waals surface area contributed by atoms with Gasteiger partial charge in [-0.05, 0) is 60.9 Å². The fourth-order valence-electron chi connectivity index (χ4n) is 3.25. The molecule has 5 nitrogen and oxygen atoms in total. The van der Waals surface area contributed by atoms with E-state index in [1.54, 1.807) is 12.4 Å². The lowest BCUT2D eigenvalue weighted by atomic mass is 10.1. The molecule has 1 heterocycles. The van der Waals surface area contributed by atoms with Crippen molar-refractivity contribution in [3.05, 3.63) is 89.7 Å². The summed E-state index contributed by atoms with van der Waals surface area (Å²) >= 11 is 1.51. The molecule has 0 radical (unpaired) electrons. The molecule has 0 aliphatic heterocycles. The smallest absolute Gasteiger partial charge is 0.236 e. The number of benzene rings is 2. The van der Waals surface area contributed by atoms with Gasteiger partial charge >= 0.3 is 0 Å². The van der Waals surface area contributed by atoms with E-state index in [1.807, 2.05) is 60.4 Å². The van der Waals surface area contributed by atoms with E-state index < -0.39 is 0 Å². The Balaban J connectivity index is 1.74. The molecule has 0 bridgehead atoms. The number of carbonyl (C=O) groups excluding carboxylic acids is 2. The predicted octanol–water partition coefficient (Wildman–Crippen LogP) is 5.06. The minimum atomic E-state index is -0.257. The van der Waals surface area contributed by atoms with Crippen molar-refractivity contribution in [1.82, 2.24) is 9.88 Å². The van der Waals surface area contributed by atoms with Gasteiger partial charge in [0.25, 0.3) is 0 Å². The highest BCUT2D eigenvalue weighted by Gasteiger charge is 2.22. The van der Waals surface area contributed by atoms with Crippen LogP contribution in [0.3, 0.4) is 0 Å². The van der Waals surface area contributed by atoms with E-state index in [1.165, 1.54) is 24.2 Å². The Kier molecular flexibility index (Phi) is 7.84. The summed E-state index contributed by atoms with van der Waals surface area (Å²) in [5.74, 6) is -0.0331. The molecule has 3 rings (SSSR count). The van der Waals surface area contributed by atoms with Gasteiger partial charge in [0.2, 0.25) is 11.8 Å². The third-order valence-electron chi connectivity index (χ3n) is 4.87. The third kappa shape index (κ3) is 6.69. The van der Waals surface area contributed by atoms with Gasteiger partial charge in [-0.3, -0.25) is 14.6 Å². The standard InChI is InChI=1S/C25H27N3O2S/c1-18-7-4-5-9-22(18)17-28(16-21-8-6-14-26-15-21)25(30)19(2)31-24-12-10-23(11-13-24)27-20(3)29/h4-15,19H,16-17H2,1-3H3,(H,27,29). The number of rotatable bonds is 8. The van der Waals surface area contributed by atoms with Crippen LogP contribution < -0.4 is 5.32 Å². The number of aromatic nitrogens is 1. The van der Waals surface area contributed by atoms with E-state index in [4.69, 9.17) is 0 Å². The maximum atomic E-state index is 13.4. The van der Waals surface area contributed by atoms with Crippen molar-refractivity contribution >= 4 is 29.3 Å². The average Bonchev–Trinajstić information content (AvgIpc) is 2.76. The van der Waals surface area contributed by atoms with Gasteiger partial charge in [0.15, 0.2) is 0 Å². The third-order valence-corrected chi connectivity index (χ3v) is 5.97. The number of hydrogen-bond donors (Lipinski definition) is 1. The molecule has 0 spiro atoms. The molecule has 0 fully saturated rings. The molecule has 160 valence electrons. The second-order valence-electron chi connectivity index (χ2n) is 7.45. The minimum absolute atomic E-state index is 0.0723. The number of aryl methyl sites for hydroxylation is 1. The van der Waals surface area contributed by atoms with E-state index in [-0.39, 0.29) is 17.1 Å². The van der Waals surface area contributed by atoms with Crippen molar-refractivity contribution < 1.29 is 9.59 Å². The van der Waals surface area contributed by atoms with E-state index in [9.17, 15) is 9.59 Å². The summed E-state index contributed by atoms with van der Waals surface area (Å²) in [4.78, 5) is 31.7. The summed E-state index contributed by atoms with van der Waals surface area (Å²) in [5, 5.41) is 2.50. The van der Waals surface area contributed by atoms with Gasteiger partial charge in [-0.2, -0.15) is 0 Å². The molecule has 0 saturated carbocycles. The number of thioether (sulfide) groups is 1. The Labute approximate surface area is 187 Å². The van der Waals surface area contributed by atoms with Crippen LogP contribution in [0.15, 0.2) is 78.0 Å². The zero-order valence-corrected chi connectivity index (χ0v) is 18.9. The molecule has 1 N–H and O–H groups in total. The van der Waals surface area contributed by atoms with Gasteiger partial charge in [0.05, 0.1) is 5.25 Å². The van der Waals surface area contributed by atoms with E-state index >= 15 is 0 Å². The highest BCUT2D eigenvalue weighted by molar-refractivity contribution is 8.00. The van der Waals surface area contributed by atoms with Crippen LogP contribution >= 0.6 is 11.8 Å². The predicted molar refractivity (Wildman–Crippen MR) is 126 cm³/mol. The number of nitrogens with zero attached hydrogens (tertiary/aromatic N) is 2. The van der Waals surface area contributed by atoms with Gasteiger partial charge in [-0.1, -0.05) is 30.3 Å². The monoisotopic (exact) mass is 433 g/mol. The van der Waals surface area contributed by atoms with Crippen molar-refractivity contribution in [3.63, 3.8) is 0 Å². The molecule has 2 aromatic carbocycles. The van der Waals surface area contributed by atoms with Crippen LogP contribution in [0.2, 0.25) is 0 Å². The number of carbonyl (C=O) groups is 2. The molecule has 0 aliphatic carbocycles. The zero-order chi connectivity index (χ0) is 22.2. The Bertz CT molecular complexity index is 1020. The number of pyridine rings is 1. The van der Waals surface area contributed by atoms with Crippen LogP contribution in [-0.2, 0) is 22.7 Å². The second-order valence-corrected chi connectivity index (χ2v) is 8.86. The van der Waals surface area contributed by atoms with Crippen molar-refractivity contribution in [2.75, 3.05) is 5.32 Å². The Morgan fingerprint density at radius 2 is 1.77 bits per heavy atom. The van der Waals surface area contributed by atoms with Gasteiger partial charge in [-0.15, -0.1) is 11.8 Å². The highest BCUT2D eigenvalue weighted by atomic mass is 32.2. The first kappa shape index (κ1) is 22.6. The number of amides is 2. The van der Waals surface area contributed by atoms with Crippen molar-refractivity contribution in [2.45, 2.75) is 44.0 Å². The molecular formula is C25H27N3O2S. The van der Waals surface area contributed by atoms with Crippen LogP contribution in [0.4, 0.5) is 5.69 Å². The molecule has 3 aromatic rings. The normalized spacial score (nSPS) is 11.6. The van der Waals surface area contributed by atoms with Crippen LogP contribution in [0.5, 0.6) is 0 Å². The molecule has 1 aromatic heterocycles. The highest BCUT2D eigenvalue weighted by Crippen LogP contribution is 2.27. The lowest BCUT2D eigenvalue weighted by Crippen LogP contribution is -2.36. The van der Waals surface area contributed by atoms with E-state index in [0.29, 0.717) is 13.1 Å². The summed E-state index contributed by atoms with van der Waals surface area (Å²) in [7, 11) is 0. The molecule has 0 aliphatic rings. The summed E-state index contributed by atoms with van der Waals surface area (Å²) < 4.78 is 0. The van der Waals surface area contributed by atoms with Crippen LogP contribution in [0, 0.1) is 6.92 Å². The Hall–Kier alpha value is -3.12. The number of anilines is 1. The molecule has 1 unspecified atom stereocenters. The Morgan fingerprint density at radius 3 is 2.42 bits per heavy atom. The summed E-state index contributed by atoms with van der Waals surface area (Å²) in [5.41, 5.74) is 4.05. The molecule has 1 atom stereocenters. The lowest BCUT2D eigenvalue weighted by Gasteiger charge is -2.26.